The molecule has 0 aromatic heterocycles. The van der Waals surface area contributed by atoms with E-state index in [1.165, 1.54) is 16.2 Å². The fraction of sp³-hybridized carbons (Fsp3) is 0.222. The molecule has 0 aliphatic heterocycles. The maximum absolute atomic E-state index is 5.85. The maximum Gasteiger partial charge on any atom is 0.135 e. The van der Waals surface area contributed by atoms with Crippen LogP contribution >= 0.6 is 0 Å². The molecule has 0 saturated heterocycles. The van der Waals surface area contributed by atoms with Gasteiger partial charge in [0.1, 0.15) is 5.75 Å². The summed E-state index contributed by atoms with van der Waals surface area (Å²) in [4.78, 5) is 0. The lowest BCUT2D eigenvalue weighted by Gasteiger charge is -2.09. The summed E-state index contributed by atoms with van der Waals surface area (Å²) in [5, 5.41) is 4.87. The molecule has 0 heterocycles. The lowest BCUT2D eigenvalue weighted by atomic mass is 10.0. The third-order valence-electron chi connectivity index (χ3n) is 3.38. The third-order valence-corrected chi connectivity index (χ3v) is 3.38. The molecule has 1 nitrogen and oxygen atoms in total. The highest BCUT2D eigenvalue weighted by molar-refractivity contribution is 6.00. The van der Waals surface area contributed by atoms with Gasteiger partial charge in [0.05, 0.1) is 6.61 Å². The summed E-state index contributed by atoms with van der Waals surface area (Å²) in [6, 6.07) is 20.1. The summed E-state index contributed by atoms with van der Waals surface area (Å²) in [6.45, 7) is 2.93. The first-order valence-electron chi connectivity index (χ1n) is 6.84. The van der Waals surface area contributed by atoms with Crippen molar-refractivity contribution in [2.45, 2.75) is 19.8 Å². The van der Waals surface area contributed by atoms with Crippen LogP contribution in [0.15, 0.2) is 48.5 Å². The van der Waals surface area contributed by atoms with Crippen LogP contribution in [0.1, 0.15) is 19.8 Å². The molecule has 19 heavy (non-hydrogen) atoms. The molecule has 3 rings (SSSR count). The standard InChI is InChI=1S/C18H17O/c1-2-3-11-19-18-10-6-9-16-12-14-7-4-5-8-15(14)13-17(16)18/h4-9,12-13H,2-3,11H2,1H3. The van der Waals surface area contributed by atoms with Gasteiger partial charge in [-0.15, -0.1) is 0 Å². The maximum atomic E-state index is 5.85. The minimum atomic E-state index is 0.763. The second-order valence-electron chi connectivity index (χ2n) is 4.80. The lowest BCUT2D eigenvalue weighted by Crippen LogP contribution is -1.97. The van der Waals surface area contributed by atoms with Gasteiger partial charge in [-0.2, -0.15) is 0 Å². The second kappa shape index (κ2) is 5.31. The Bertz CT molecular complexity index is 700. The lowest BCUT2D eigenvalue weighted by molar-refractivity contribution is 0.312. The van der Waals surface area contributed by atoms with E-state index in [1.54, 1.807) is 0 Å². The van der Waals surface area contributed by atoms with Gasteiger partial charge >= 0.3 is 0 Å². The molecule has 0 fully saturated rings. The van der Waals surface area contributed by atoms with Crippen LogP contribution in [0.3, 0.4) is 0 Å². The normalized spacial score (nSPS) is 11.0. The summed E-state index contributed by atoms with van der Waals surface area (Å²) in [7, 11) is 0. The zero-order valence-electron chi connectivity index (χ0n) is 11.1. The van der Waals surface area contributed by atoms with E-state index < -0.39 is 0 Å². The Morgan fingerprint density at radius 1 is 1.00 bits per heavy atom. The fourth-order valence-electron chi connectivity index (χ4n) is 2.32. The Balaban J connectivity index is 2.09. The average Bonchev–Trinajstić information content (AvgIpc) is 2.46. The first-order valence-corrected chi connectivity index (χ1v) is 6.84. The Morgan fingerprint density at radius 3 is 2.58 bits per heavy atom. The van der Waals surface area contributed by atoms with Crippen LogP contribution in [0.25, 0.3) is 21.5 Å². The summed E-state index contributed by atoms with van der Waals surface area (Å²) < 4.78 is 5.85. The van der Waals surface area contributed by atoms with Crippen LogP contribution < -0.4 is 4.74 Å². The molecule has 1 heteroatoms. The summed E-state index contributed by atoms with van der Waals surface area (Å²) >= 11 is 0. The quantitative estimate of drug-likeness (QED) is 0.468. The predicted molar refractivity (Wildman–Crippen MR) is 80.7 cm³/mol. The van der Waals surface area contributed by atoms with Crippen LogP contribution in [-0.4, -0.2) is 6.61 Å². The van der Waals surface area contributed by atoms with Crippen molar-refractivity contribution < 1.29 is 4.74 Å². The van der Waals surface area contributed by atoms with E-state index in [-0.39, 0.29) is 0 Å². The van der Waals surface area contributed by atoms with Gasteiger partial charge in [0.15, 0.2) is 0 Å². The van der Waals surface area contributed by atoms with Gasteiger partial charge in [-0.1, -0.05) is 43.7 Å². The second-order valence-corrected chi connectivity index (χ2v) is 4.80. The molecule has 0 aliphatic rings. The van der Waals surface area contributed by atoms with Crippen molar-refractivity contribution in [2.75, 3.05) is 6.61 Å². The van der Waals surface area contributed by atoms with Gasteiger partial charge in [0.2, 0.25) is 0 Å². The Kier molecular flexibility index (Phi) is 3.37. The van der Waals surface area contributed by atoms with Crippen LogP contribution in [-0.2, 0) is 0 Å². The molecule has 3 aromatic rings. The highest BCUT2D eigenvalue weighted by Gasteiger charge is 2.04. The Morgan fingerprint density at radius 2 is 1.79 bits per heavy atom. The molecule has 1 radical (unpaired) electrons. The van der Waals surface area contributed by atoms with Gasteiger partial charge in [-0.25, -0.2) is 0 Å². The van der Waals surface area contributed by atoms with Crippen molar-refractivity contribution in [1.29, 1.82) is 0 Å². The molecule has 0 saturated carbocycles. The monoisotopic (exact) mass is 249 g/mol. The predicted octanol–water partition coefficient (Wildman–Crippen LogP) is 4.97. The number of rotatable bonds is 4. The minimum Gasteiger partial charge on any atom is -0.492 e. The number of unbranched alkanes of at least 4 members (excludes halogenated alkanes) is 1. The van der Waals surface area contributed by atoms with Crippen LogP contribution in [0, 0.1) is 6.07 Å². The molecule has 0 N–H and O–H groups in total. The fourth-order valence-corrected chi connectivity index (χ4v) is 2.32. The zero-order chi connectivity index (χ0) is 13.1. The third kappa shape index (κ3) is 2.41. The summed E-state index contributed by atoms with van der Waals surface area (Å²) in [5.41, 5.74) is 0. The van der Waals surface area contributed by atoms with E-state index in [0.29, 0.717) is 0 Å². The van der Waals surface area contributed by atoms with Gasteiger partial charge < -0.3 is 4.74 Å². The molecule has 0 amide bonds. The molecule has 0 bridgehead atoms. The van der Waals surface area contributed by atoms with E-state index in [2.05, 4.69) is 55.5 Å². The van der Waals surface area contributed by atoms with Crippen LogP contribution in [0.2, 0.25) is 0 Å². The first kappa shape index (κ1) is 12.0. The molecular weight excluding hydrogens is 232 g/mol. The molecule has 0 unspecified atom stereocenters. The average molecular weight is 249 g/mol. The van der Waals surface area contributed by atoms with E-state index in [4.69, 9.17) is 4.74 Å². The largest absolute Gasteiger partial charge is 0.492 e. The van der Waals surface area contributed by atoms with Crippen molar-refractivity contribution in [3.63, 3.8) is 0 Å². The smallest absolute Gasteiger partial charge is 0.135 e. The van der Waals surface area contributed by atoms with Gasteiger partial charge in [0.25, 0.3) is 0 Å². The zero-order valence-corrected chi connectivity index (χ0v) is 11.1. The minimum absolute atomic E-state index is 0.763. The van der Waals surface area contributed by atoms with Gasteiger partial charge in [0, 0.05) is 11.5 Å². The van der Waals surface area contributed by atoms with Crippen LogP contribution in [0.4, 0.5) is 0 Å². The molecule has 95 valence electrons. The topological polar surface area (TPSA) is 9.23 Å². The van der Waals surface area contributed by atoms with Crippen LogP contribution in [0.5, 0.6) is 5.75 Å². The number of ether oxygens (including phenoxy) is 1. The molecule has 0 aliphatic carbocycles. The molecule has 0 atom stereocenters. The van der Waals surface area contributed by atoms with Crippen molar-refractivity contribution >= 4 is 21.5 Å². The van der Waals surface area contributed by atoms with Crippen molar-refractivity contribution in [3.8, 4) is 5.75 Å². The van der Waals surface area contributed by atoms with Crippen molar-refractivity contribution in [1.82, 2.24) is 0 Å². The highest BCUT2D eigenvalue weighted by Crippen LogP contribution is 2.29. The Hall–Kier alpha value is -2.02. The first-order chi connectivity index (χ1) is 9.38. The van der Waals surface area contributed by atoms with E-state index >= 15 is 0 Å². The molecule has 0 spiro atoms. The molecular formula is C18H17O. The summed E-state index contributed by atoms with van der Waals surface area (Å²) in [5.74, 6) is 0.872. The summed E-state index contributed by atoms with van der Waals surface area (Å²) in [6.07, 6.45) is 2.23. The van der Waals surface area contributed by atoms with Crippen molar-refractivity contribution in [3.05, 3.63) is 54.6 Å². The van der Waals surface area contributed by atoms with E-state index in [9.17, 15) is 0 Å². The number of hydrogen-bond acceptors (Lipinski definition) is 1. The number of fused-ring (bicyclic) bond motifs is 2. The van der Waals surface area contributed by atoms with E-state index in [0.717, 1.165) is 30.6 Å². The van der Waals surface area contributed by atoms with Gasteiger partial charge in [-0.3, -0.25) is 0 Å². The van der Waals surface area contributed by atoms with Crippen molar-refractivity contribution in [2.24, 2.45) is 0 Å². The SMILES string of the molecule is CCCCOc1[c]ccc2cc3ccccc3cc12. The van der Waals surface area contributed by atoms with Gasteiger partial charge in [-0.05, 0) is 40.8 Å². The Labute approximate surface area is 113 Å². The highest BCUT2D eigenvalue weighted by atomic mass is 16.5. The van der Waals surface area contributed by atoms with E-state index in [1.807, 2.05) is 6.07 Å². The molecule has 3 aromatic carbocycles. The number of hydrogen-bond donors (Lipinski definition) is 0. The number of benzene rings is 3.